The molecule has 1 aliphatic rings. The van der Waals surface area contributed by atoms with Gasteiger partial charge in [0, 0.05) is 32.4 Å². The van der Waals surface area contributed by atoms with Crippen LogP contribution in [-0.4, -0.2) is 31.2 Å². The summed E-state index contributed by atoms with van der Waals surface area (Å²) >= 11 is 0. The largest absolute Gasteiger partial charge is 0.417 e. The van der Waals surface area contributed by atoms with Gasteiger partial charge in [-0.25, -0.2) is 4.98 Å². The fourth-order valence-corrected chi connectivity index (χ4v) is 1.77. The molecule has 0 saturated carbocycles. The molecule has 0 aliphatic carbocycles. The number of pyridine rings is 1. The van der Waals surface area contributed by atoms with Crippen molar-refractivity contribution in [3.05, 3.63) is 17.8 Å². The molecule has 0 radical (unpaired) electrons. The first-order valence-corrected chi connectivity index (χ1v) is 5.27. The highest BCUT2D eigenvalue weighted by Gasteiger charge is 2.32. The number of alkyl halides is 3. The van der Waals surface area contributed by atoms with Crippen molar-refractivity contribution >= 4 is 11.5 Å². The van der Waals surface area contributed by atoms with Gasteiger partial charge in [0.25, 0.3) is 0 Å². The average Bonchev–Trinajstić information content (AvgIpc) is 2.29. The van der Waals surface area contributed by atoms with E-state index < -0.39 is 11.7 Å². The highest BCUT2D eigenvalue weighted by Crippen LogP contribution is 2.32. The van der Waals surface area contributed by atoms with Crippen LogP contribution in [0.4, 0.5) is 24.7 Å². The van der Waals surface area contributed by atoms with E-state index >= 15 is 0 Å². The monoisotopic (exact) mass is 246 g/mol. The molecule has 1 aromatic heterocycles. The summed E-state index contributed by atoms with van der Waals surface area (Å²) < 4.78 is 37.3. The molecule has 0 amide bonds. The highest BCUT2D eigenvalue weighted by atomic mass is 19.4. The first-order valence-electron chi connectivity index (χ1n) is 5.27. The van der Waals surface area contributed by atoms with E-state index in [4.69, 9.17) is 5.73 Å². The Balaban J connectivity index is 2.25. The quantitative estimate of drug-likeness (QED) is 0.779. The first-order chi connectivity index (χ1) is 7.98. The minimum absolute atomic E-state index is 0.0710. The minimum atomic E-state index is -4.40. The lowest BCUT2D eigenvalue weighted by atomic mass is 10.2. The summed E-state index contributed by atoms with van der Waals surface area (Å²) in [6, 6.07) is 0.935. The lowest BCUT2D eigenvalue weighted by Crippen LogP contribution is -2.44. The van der Waals surface area contributed by atoms with Crippen LogP contribution in [0.2, 0.25) is 0 Å². The second-order valence-electron chi connectivity index (χ2n) is 3.87. The molecule has 0 spiro atoms. The zero-order valence-electron chi connectivity index (χ0n) is 9.09. The van der Waals surface area contributed by atoms with Crippen LogP contribution in [0, 0.1) is 0 Å². The molecule has 2 rings (SSSR count). The number of hydrogen-bond acceptors (Lipinski definition) is 4. The zero-order chi connectivity index (χ0) is 12.5. The molecular formula is C10H13F3N4. The van der Waals surface area contributed by atoms with Gasteiger partial charge in [-0.05, 0) is 6.07 Å². The molecule has 7 heteroatoms. The van der Waals surface area contributed by atoms with Crippen molar-refractivity contribution in [3.63, 3.8) is 0 Å². The third-order valence-electron chi connectivity index (χ3n) is 2.64. The number of anilines is 2. The van der Waals surface area contributed by atoms with E-state index in [9.17, 15) is 13.2 Å². The number of aromatic nitrogens is 1. The van der Waals surface area contributed by atoms with E-state index in [0.29, 0.717) is 18.9 Å². The number of halogens is 3. The standard InChI is InChI=1S/C10H13F3N4/c11-10(12,13)7-5-8(14)9(16-6-7)17-3-1-15-2-4-17/h5-6,15H,1-4,14H2. The van der Waals surface area contributed by atoms with Gasteiger partial charge in [0.1, 0.15) is 0 Å². The second kappa shape index (κ2) is 4.40. The predicted octanol–water partition coefficient (Wildman–Crippen LogP) is 1.09. The molecule has 94 valence electrons. The number of hydrogen-bond donors (Lipinski definition) is 2. The lowest BCUT2D eigenvalue weighted by Gasteiger charge is -2.29. The molecule has 17 heavy (non-hydrogen) atoms. The van der Waals surface area contributed by atoms with E-state index in [-0.39, 0.29) is 5.69 Å². The summed E-state index contributed by atoms with van der Waals surface area (Å²) in [5.41, 5.74) is 4.88. The normalized spacial score (nSPS) is 17.2. The number of piperazine rings is 1. The van der Waals surface area contributed by atoms with Gasteiger partial charge in [-0.3, -0.25) is 0 Å². The SMILES string of the molecule is Nc1cc(C(F)(F)F)cnc1N1CCNCC1. The summed E-state index contributed by atoms with van der Waals surface area (Å²) in [5, 5.41) is 3.15. The fraction of sp³-hybridized carbons (Fsp3) is 0.500. The summed E-state index contributed by atoms with van der Waals surface area (Å²) in [5.74, 6) is 0.430. The molecule has 0 bridgehead atoms. The Kier molecular flexibility index (Phi) is 3.10. The molecule has 2 heterocycles. The van der Waals surface area contributed by atoms with Gasteiger partial charge in [-0.2, -0.15) is 13.2 Å². The van der Waals surface area contributed by atoms with Gasteiger partial charge in [0.15, 0.2) is 5.82 Å². The van der Waals surface area contributed by atoms with Crippen LogP contribution in [0.5, 0.6) is 0 Å². The van der Waals surface area contributed by atoms with E-state index in [1.807, 2.05) is 4.90 Å². The van der Waals surface area contributed by atoms with Gasteiger partial charge in [0.05, 0.1) is 11.3 Å². The summed E-state index contributed by atoms with van der Waals surface area (Å²) in [7, 11) is 0. The van der Waals surface area contributed by atoms with E-state index in [0.717, 1.165) is 25.4 Å². The highest BCUT2D eigenvalue weighted by molar-refractivity contribution is 5.63. The number of nitrogens with zero attached hydrogens (tertiary/aromatic N) is 2. The number of nitrogen functional groups attached to an aromatic ring is 1. The van der Waals surface area contributed by atoms with Gasteiger partial charge < -0.3 is 16.0 Å². The van der Waals surface area contributed by atoms with Crippen LogP contribution in [0.1, 0.15) is 5.56 Å². The maximum Gasteiger partial charge on any atom is 0.417 e. The van der Waals surface area contributed by atoms with Crippen LogP contribution >= 0.6 is 0 Å². The molecule has 1 aliphatic heterocycles. The number of rotatable bonds is 1. The maximum atomic E-state index is 12.4. The van der Waals surface area contributed by atoms with Crippen molar-refractivity contribution < 1.29 is 13.2 Å². The Morgan fingerprint density at radius 1 is 1.29 bits per heavy atom. The molecule has 0 unspecified atom stereocenters. The van der Waals surface area contributed by atoms with Crippen molar-refractivity contribution in [3.8, 4) is 0 Å². The topological polar surface area (TPSA) is 54.2 Å². The van der Waals surface area contributed by atoms with Gasteiger partial charge in [0.2, 0.25) is 0 Å². The van der Waals surface area contributed by atoms with E-state index in [1.165, 1.54) is 0 Å². The van der Waals surface area contributed by atoms with E-state index in [1.54, 1.807) is 0 Å². The third kappa shape index (κ3) is 2.60. The Hall–Kier alpha value is -1.50. The molecule has 1 saturated heterocycles. The van der Waals surface area contributed by atoms with Gasteiger partial charge >= 0.3 is 6.18 Å². The maximum absolute atomic E-state index is 12.4. The van der Waals surface area contributed by atoms with Crippen LogP contribution < -0.4 is 16.0 Å². The predicted molar refractivity (Wildman–Crippen MR) is 58.7 cm³/mol. The second-order valence-corrected chi connectivity index (χ2v) is 3.87. The van der Waals surface area contributed by atoms with Crippen LogP contribution in [0.3, 0.4) is 0 Å². The van der Waals surface area contributed by atoms with Crippen molar-refractivity contribution in [2.45, 2.75) is 6.18 Å². The number of nitrogens with two attached hydrogens (primary N) is 1. The number of nitrogens with one attached hydrogen (secondary N) is 1. The molecule has 1 aromatic rings. The van der Waals surface area contributed by atoms with Crippen molar-refractivity contribution in [2.24, 2.45) is 0 Å². The third-order valence-corrected chi connectivity index (χ3v) is 2.64. The smallest absolute Gasteiger partial charge is 0.396 e. The zero-order valence-corrected chi connectivity index (χ0v) is 9.09. The average molecular weight is 246 g/mol. The van der Waals surface area contributed by atoms with Crippen molar-refractivity contribution in [1.29, 1.82) is 0 Å². The molecule has 1 fully saturated rings. The van der Waals surface area contributed by atoms with Crippen molar-refractivity contribution in [2.75, 3.05) is 36.8 Å². The Labute approximate surface area is 96.6 Å². The summed E-state index contributed by atoms with van der Waals surface area (Å²) in [6.07, 6.45) is -3.57. The molecular weight excluding hydrogens is 233 g/mol. The Bertz CT molecular complexity index is 399. The summed E-state index contributed by atoms with van der Waals surface area (Å²) in [4.78, 5) is 5.70. The van der Waals surface area contributed by atoms with Crippen LogP contribution in [-0.2, 0) is 6.18 Å². The van der Waals surface area contributed by atoms with E-state index in [2.05, 4.69) is 10.3 Å². The Morgan fingerprint density at radius 2 is 1.94 bits per heavy atom. The fourth-order valence-electron chi connectivity index (χ4n) is 1.77. The molecule has 0 atom stereocenters. The molecule has 4 nitrogen and oxygen atoms in total. The molecule has 0 aromatic carbocycles. The molecule has 3 N–H and O–H groups in total. The van der Waals surface area contributed by atoms with Crippen LogP contribution in [0.15, 0.2) is 12.3 Å². The van der Waals surface area contributed by atoms with Crippen LogP contribution in [0.25, 0.3) is 0 Å². The van der Waals surface area contributed by atoms with Gasteiger partial charge in [-0.1, -0.05) is 0 Å². The Morgan fingerprint density at radius 3 is 2.47 bits per heavy atom. The van der Waals surface area contributed by atoms with Gasteiger partial charge in [-0.15, -0.1) is 0 Å². The van der Waals surface area contributed by atoms with Crippen molar-refractivity contribution in [1.82, 2.24) is 10.3 Å². The minimum Gasteiger partial charge on any atom is -0.396 e. The first kappa shape index (κ1) is 12.0. The lowest BCUT2D eigenvalue weighted by molar-refractivity contribution is -0.137. The summed E-state index contributed by atoms with van der Waals surface area (Å²) in [6.45, 7) is 2.95.